The minimum absolute atomic E-state index is 0.345. The molecule has 2 aromatic heterocycles. The Labute approximate surface area is 233 Å². The molecule has 3 aliphatic rings. The van der Waals surface area contributed by atoms with Crippen LogP contribution in [-0.2, 0) is 0 Å². The van der Waals surface area contributed by atoms with Gasteiger partial charge in [-0.25, -0.2) is 19.0 Å². The lowest BCUT2D eigenvalue weighted by Gasteiger charge is -2.46. The molecule has 2 aromatic carbocycles. The lowest BCUT2D eigenvalue weighted by Crippen LogP contribution is -2.60. The van der Waals surface area contributed by atoms with E-state index in [1.165, 1.54) is 6.33 Å². The number of likely N-dealkylation sites (tertiary alicyclic amines) is 2. The van der Waals surface area contributed by atoms with Crippen LogP contribution in [0.15, 0.2) is 60.9 Å². The molecule has 7 rings (SSSR count). The van der Waals surface area contributed by atoms with Crippen molar-refractivity contribution in [2.75, 3.05) is 45.0 Å². The number of piperidine rings is 2. The number of para-hydroxylation sites is 1. The molecular weight excluding hydrogens is 507 g/mol. The Balaban J connectivity index is 1.09. The smallest absolute Gasteiger partial charge is 0.164 e. The van der Waals surface area contributed by atoms with Crippen LogP contribution in [0.25, 0.3) is 22.3 Å². The number of nitrogens with zero attached hydrogens (tertiary/aromatic N) is 6. The summed E-state index contributed by atoms with van der Waals surface area (Å²) >= 11 is 0. The third-order valence-electron chi connectivity index (χ3n) is 8.77. The largest absolute Gasteiger partial charge is 0.457 e. The summed E-state index contributed by atoms with van der Waals surface area (Å²) in [4.78, 5) is 13.7. The molecule has 3 saturated heterocycles. The fraction of sp³-hybridized carbons (Fsp3) is 0.433. The first kappa shape index (κ1) is 25.4. The first-order valence-corrected chi connectivity index (χ1v) is 14.3. The van der Waals surface area contributed by atoms with Crippen molar-refractivity contribution in [2.45, 2.75) is 43.6 Å². The van der Waals surface area contributed by atoms with Crippen molar-refractivity contribution in [1.29, 1.82) is 0 Å². The monoisotopic (exact) mass is 542 g/mol. The van der Waals surface area contributed by atoms with Crippen LogP contribution in [0.5, 0.6) is 11.5 Å². The molecule has 0 unspecified atom stereocenters. The average molecular weight is 543 g/mol. The van der Waals surface area contributed by atoms with E-state index in [0.29, 0.717) is 53.3 Å². The van der Waals surface area contributed by atoms with Gasteiger partial charge in [0.05, 0.1) is 11.4 Å². The van der Waals surface area contributed by atoms with Gasteiger partial charge in [-0.3, -0.25) is 9.80 Å². The number of rotatable bonds is 6. The first-order chi connectivity index (χ1) is 19.6. The second-order valence-electron chi connectivity index (χ2n) is 11.1. The maximum Gasteiger partial charge on any atom is 0.164 e. The minimum atomic E-state index is -1.05. The zero-order valence-corrected chi connectivity index (χ0v) is 22.5. The molecule has 0 bridgehead atoms. The molecule has 4 aromatic rings. The number of hydrogen-bond donors (Lipinski definition) is 2. The number of nitrogen functional groups attached to an aromatic ring is 1. The van der Waals surface area contributed by atoms with E-state index in [1.807, 2.05) is 54.6 Å². The molecule has 208 valence electrons. The molecule has 3 fully saturated rings. The summed E-state index contributed by atoms with van der Waals surface area (Å²) < 4.78 is 23.6. The van der Waals surface area contributed by atoms with Gasteiger partial charge in [0.2, 0.25) is 0 Å². The van der Waals surface area contributed by atoms with Crippen molar-refractivity contribution in [3.8, 4) is 22.8 Å². The molecule has 3 N–H and O–H groups in total. The molecule has 2 atom stereocenters. The fourth-order valence-corrected chi connectivity index (χ4v) is 6.41. The van der Waals surface area contributed by atoms with Gasteiger partial charge in [0.15, 0.2) is 5.65 Å². The number of anilines is 1. The zero-order valence-electron chi connectivity index (χ0n) is 22.5. The SMILES string of the molecule is Nc1ncnc2c1c(-c1ccc(Oc3ccccc3)cc1)nn2[C@H]1CCN(C2CCN(C3CNC3)CC2)C[C@@H]1F. The summed E-state index contributed by atoms with van der Waals surface area (Å²) in [7, 11) is 0. The quantitative estimate of drug-likeness (QED) is 0.379. The van der Waals surface area contributed by atoms with Gasteiger partial charge in [0, 0.05) is 56.9 Å². The Kier molecular flexibility index (Phi) is 6.82. The Hall–Kier alpha value is -3.60. The topological polar surface area (TPSA) is 97.4 Å². The highest BCUT2D eigenvalue weighted by Crippen LogP contribution is 2.36. The number of hydrogen-bond acceptors (Lipinski definition) is 8. The summed E-state index contributed by atoms with van der Waals surface area (Å²) in [6.45, 7) is 5.68. The molecule has 3 aliphatic heterocycles. The Morgan fingerprint density at radius 2 is 1.57 bits per heavy atom. The van der Waals surface area contributed by atoms with E-state index >= 15 is 4.39 Å². The molecule has 0 radical (unpaired) electrons. The van der Waals surface area contributed by atoms with Crippen LogP contribution in [0.2, 0.25) is 0 Å². The van der Waals surface area contributed by atoms with E-state index in [-0.39, 0.29) is 0 Å². The summed E-state index contributed by atoms with van der Waals surface area (Å²) in [6, 6.07) is 18.1. The van der Waals surface area contributed by atoms with Crippen molar-refractivity contribution in [1.82, 2.24) is 34.9 Å². The minimum Gasteiger partial charge on any atom is -0.457 e. The van der Waals surface area contributed by atoms with Gasteiger partial charge in [-0.05, 0) is 55.7 Å². The highest BCUT2D eigenvalue weighted by molar-refractivity contribution is 5.98. The van der Waals surface area contributed by atoms with E-state index < -0.39 is 12.2 Å². The Morgan fingerprint density at radius 1 is 0.850 bits per heavy atom. The van der Waals surface area contributed by atoms with E-state index in [0.717, 1.165) is 56.9 Å². The summed E-state index contributed by atoms with van der Waals surface area (Å²) in [5.41, 5.74) is 8.42. The average Bonchev–Trinajstić information content (AvgIpc) is 3.34. The number of nitrogens with one attached hydrogen (secondary N) is 1. The van der Waals surface area contributed by atoms with Crippen LogP contribution in [0.4, 0.5) is 10.2 Å². The standard InChI is InChI=1S/C30H35FN8O/c31-25-18-38(21-10-13-37(14-11-21)22-16-33-17-22)15-12-26(25)39-30-27(29(32)34-19-35-30)28(36-39)20-6-8-24(9-7-20)40-23-4-2-1-3-5-23/h1-9,19,21-22,25-26,33H,10-18H2,(H2,32,34,35)/t25-,26-/m0/s1. The van der Waals surface area contributed by atoms with Gasteiger partial charge in [0.1, 0.15) is 35.5 Å². The van der Waals surface area contributed by atoms with Crippen LogP contribution in [0.1, 0.15) is 25.3 Å². The highest BCUT2D eigenvalue weighted by atomic mass is 19.1. The number of fused-ring (bicyclic) bond motifs is 1. The molecule has 0 aliphatic carbocycles. The van der Waals surface area contributed by atoms with Gasteiger partial charge in [-0.1, -0.05) is 18.2 Å². The number of halogens is 1. The number of benzene rings is 2. The molecule has 9 nitrogen and oxygen atoms in total. The van der Waals surface area contributed by atoms with Gasteiger partial charge >= 0.3 is 0 Å². The molecule has 10 heteroatoms. The maximum atomic E-state index is 15.9. The normalized spacial score (nSPS) is 23.3. The lowest BCUT2D eigenvalue weighted by molar-refractivity contribution is 0.0192. The molecule has 5 heterocycles. The van der Waals surface area contributed by atoms with E-state index in [1.54, 1.807) is 4.68 Å². The third kappa shape index (κ3) is 4.80. The number of nitrogens with two attached hydrogens (primary N) is 1. The lowest BCUT2D eigenvalue weighted by atomic mass is 9.95. The summed E-state index contributed by atoms with van der Waals surface area (Å²) in [6.07, 6.45) is 3.28. The van der Waals surface area contributed by atoms with Crippen LogP contribution < -0.4 is 15.8 Å². The van der Waals surface area contributed by atoms with Crippen LogP contribution in [0.3, 0.4) is 0 Å². The first-order valence-electron chi connectivity index (χ1n) is 14.3. The van der Waals surface area contributed by atoms with Gasteiger partial charge in [-0.15, -0.1) is 0 Å². The van der Waals surface area contributed by atoms with Gasteiger partial charge in [0.25, 0.3) is 0 Å². The summed E-state index contributed by atoms with van der Waals surface area (Å²) in [5.74, 6) is 1.83. The molecule has 0 saturated carbocycles. The van der Waals surface area contributed by atoms with Crippen molar-refractivity contribution >= 4 is 16.9 Å². The number of ether oxygens (including phenoxy) is 1. The Morgan fingerprint density at radius 3 is 2.27 bits per heavy atom. The van der Waals surface area contributed by atoms with Crippen LogP contribution >= 0.6 is 0 Å². The third-order valence-corrected chi connectivity index (χ3v) is 8.77. The van der Waals surface area contributed by atoms with Crippen LogP contribution in [0, 0.1) is 0 Å². The fourth-order valence-electron chi connectivity index (χ4n) is 6.41. The van der Waals surface area contributed by atoms with E-state index in [4.69, 9.17) is 15.6 Å². The van der Waals surface area contributed by atoms with E-state index in [9.17, 15) is 0 Å². The molecule has 40 heavy (non-hydrogen) atoms. The van der Waals surface area contributed by atoms with Crippen molar-refractivity contribution < 1.29 is 9.13 Å². The van der Waals surface area contributed by atoms with Crippen molar-refractivity contribution in [2.24, 2.45) is 0 Å². The molecule has 0 spiro atoms. The summed E-state index contributed by atoms with van der Waals surface area (Å²) in [5, 5.41) is 8.94. The molecule has 0 amide bonds. The number of alkyl halides is 1. The van der Waals surface area contributed by atoms with Gasteiger partial charge < -0.3 is 15.8 Å². The van der Waals surface area contributed by atoms with Gasteiger partial charge in [-0.2, -0.15) is 5.10 Å². The van der Waals surface area contributed by atoms with Crippen molar-refractivity contribution in [3.63, 3.8) is 0 Å². The highest BCUT2D eigenvalue weighted by Gasteiger charge is 2.38. The zero-order chi connectivity index (χ0) is 27.1. The predicted octanol–water partition coefficient (Wildman–Crippen LogP) is 3.89. The second-order valence-corrected chi connectivity index (χ2v) is 11.1. The van der Waals surface area contributed by atoms with Crippen LogP contribution in [-0.4, -0.2) is 87.1 Å². The molecular formula is C30H35FN8O. The second kappa shape index (κ2) is 10.8. The van der Waals surface area contributed by atoms with Crippen molar-refractivity contribution in [3.05, 3.63) is 60.9 Å². The number of aromatic nitrogens is 4. The predicted molar refractivity (Wildman–Crippen MR) is 153 cm³/mol. The maximum absolute atomic E-state index is 15.9. The van der Waals surface area contributed by atoms with E-state index in [2.05, 4.69) is 25.1 Å². The Bertz CT molecular complexity index is 1450.